The number of aldehydes is 1. The minimum atomic E-state index is -0.311. The molecule has 148 valence electrons. The lowest BCUT2D eigenvalue weighted by Crippen LogP contribution is -2.23. The fourth-order valence-corrected chi connectivity index (χ4v) is 4.09. The number of hydrogen-bond acceptors (Lipinski definition) is 4. The summed E-state index contributed by atoms with van der Waals surface area (Å²) >= 11 is 6.41. The van der Waals surface area contributed by atoms with E-state index in [1.807, 2.05) is 37.5 Å². The Kier molecular flexibility index (Phi) is 4.25. The third-order valence-corrected chi connectivity index (χ3v) is 5.58. The van der Waals surface area contributed by atoms with Gasteiger partial charge in [-0.15, -0.1) is 0 Å². The van der Waals surface area contributed by atoms with Crippen LogP contribution in [0.4, 0.5) is 0 Å². The smallest absolute Gasteiger partial charge is 0.301 e. The maximum atomic E-state index is 13.1. The van der Waals surface area contributed by atoms with E-state index in [2.05, 4.69) is 10.1 Å². The Morgan fingerprint density at radius 3 is 2.60 bits per heavy atom. The van der Waals surface area contributed by atoms with Gasteiger partial charge in [0.2, 0.25) is 0 Å². The van der Waals surface area contributed by atoms with E-state index in [1.165, 1.54) is 9.13 Å². The van der Waals surface area contributed by atoms with E-state index in [1.54, 1.807) is 35.3 Å². The Balaban J connectivity index is 1.68. The molecule has 0 radical (unpaired) electrons. The first kappa shape index (κ1) is 18.3. The molecular formula is C22H16ClN5O2. The van der Waals surface area contributed by atoms with Crippen molar-refractivity contribution in [2.75, 3.05) is 0 Å². The molecule has 0 fully saturated rings. The second-order valence-corrected chi connectivity index (χ2v) is 7.34. The zero-order valence-electron chi connectivity index (χ0n) is 16.0. The zero-order chi connectivity index (χ0) is 20.8. The fourth-order valence-electron chi connectivity index (χ4n) is 3.83. The largest absolute Gasteiger partial charge is 0.334 e. The number of rotatable bonds is 4. The highest BCUT2D eigenvalue weighted by molar-refractivity contribution is 6.35. The predicted octanol–water partition coefficient (Wildman–Crippen LogP) is 3.59. The number of pyridine rings is 1. The molecule has 0 atom stereocenters. The molecule has 3 heterocycles. The lowest BCUT2D eigenvalue weighted by Gasteiger charge is -2.07. The highest BCUT2D eigenvalue weighted by Crippen LogP contribution is 2.29. The average Bonchev–Trinajstić information content (AvgIpc) is 3.28. The summed E-state index contributed by atoms with van der Waals surface area (Å²) in [6.07, 6.45) is 6.11. The van der Waals surface area contributed by atoms with Crippen molar-refractivity contribution in [3.63, 3.8) is 0 Å². The highest BCUT2D eigenvalue weighted by atomic mass is 35.5. The zero-order valence-corrected chi connectivity index (χ0v) is 16.7. The summed E-state index contributed by atoms with van der Waals surface area (Å²) in [5.74, 6) is 0. The Labute approximate surface area is 175 Å². The number of carbonyl (C=O) groups excluding carboxylic acids is 1. The van der Waals surface area contributed by atoms with Crippen LogP contribution in [0.25, 0.3) is 38.8 Å². The van der Waals surface area contributed by atoms with Crippen molar-refractivity contribution in [2.24, 2.45) is 7.05 Å². The van der Waals surface area contributed by atoms with Crippen molar-refractivity contribution in [3.8, 4) is 16.8 Å². The lowest BCUT2D eigenvalue weighted by atomic mass is 10.0. The normalized spacial score (nSPS) is 11.4. The molecule has 3 aromatic heterocycles. The van der Waals surface area contributed by atoms with Gasteiger partial charge in [0.1, 0.15) is 6.29 Å². The minimum absolute atomic E-state index is 0.0323. The van der Waals surface area contributed by atoms with E-state index in [4.69, 9.17) is 11.6 Å². The van der Waals surface area contributed by atoms with Crippen molar-refractivity contribution in [1.82, 2.24) is 23.9 Å². The number of aryl methyl sites for hydroxylation is 1. The standard InChI is InChI=1S/C22H16ClN5O2/c1-26-20-13-24-11-16(17(20)12-25-26)14-5-7-15(8-6-14)28-21-18(23)3-2-4-19(21)27(9-10-29)22(28)30/h2-8,10-13H,9H2,1H3. The van der Waals surface area contributed by atoms with Crippen LogP contribution in [0.5, 0.6) is 0 Å². The molecule has 8 heteroatoms. The summed E-state index contributed by atoms with van der Waals surface area (Å²) in [4.78, 5) is 28.5. The molecule has 0 N–H and O–H groups in total. The molecule has 7 nitrogen and oxygen atoms in total. The molecule has 5 rings (SSSR count). The van der Waals surface area contributed by atoms with Crippen LogP contribution in [0, 0.1) is 0 Å². The van der Waals surface area contributed by atoms with E-state index in [0.717, 1.165) is 22.0 Å². The van der Waals surface area contributed by atoms with Crippen molar-refractivity contribution >= 4 is 39.8 Å². The Morgan fingerprint density at radius 1 is 1.03 bits per heavy atom. The Hall–Kier alpha value is -3.71. The second kappa shape index (κ2) is 6.96. The molecule has 0 aliphatic rings. The van der Waals surface area contributed by atoms with Gasteiger partial charge < -0.3 is 4.79 Å². The van der Waals surface area contributed by atoms with E-state index in [9.17, 15) is 9.59 Å². The number of fused-ring (bicyclic) bond motifs is 2. The first-order valence-electron chi connectivity index (χ1n) is 9.30. The van der Waals surface area contributed by atoms with E-state index in [-0.39, 0.29) is 12.2 Å². The van der Waals surface area contributed by atoms with Crippen LogP contribution in [-0.2, 0) is 18.4 Å². The van der Waals surface area contributed by atoms with Gasteiger partial charge in [-0.05, 0) is 29.8 Å². The average molecular weight is 418 g/mol. The predicted molar refractivity (Wildman–Crippen MR) is 116 cm³/mol. The van der Waals surface area contributed by atoms with Gasteiger partial charge in [-0.3, -0.25) is 18.8 Å². The molecule has 30 heavy (non-hydrogen) atoms. The van der Waals surface area contributed by atoms with Crippen molar-refractivity contribution in [2.45, 2.75) is 6.54 Å². The van der Waals surface area contributed by atoms with Crippen LogP contribution >= 0.6 is 11.6 Å². The third kappa shape index (κ3) is 2.67. The SMILES string of the molecule is Cn1ncc2c(-c3ccc(-n4c(=O)n(CC=O)c5cccc(Cl)c54)cc3)cncc21. The Morgan fingerprint density at radius 2 is 1.83 bits per heavy atom. The summed E-state index contributed by atoms with van der Waals surface area (Å²) < 4.78 is 4.74. The molecule has 0 saturated heterocycles. The van der Waals surface area contributed by atoms with Gasteiger partial charge >= 0.3 is 5.69 Å². The number of carbonyl (C=O) groups is 1. The van der Waals surface area contributed by atoms with Crippen LogP contribution in [0.15, 0.2) is 65.8 Å². The van der Waals surface area contributed by atoms with Gasteiger partial charge in [0.15, 0.2) is 0 Å². The van der Waals surface area contributed by atoms with E-state index < -0.39 is 0 Å². The molecule has 0 aliphatic heterocycles. The molecule has 5 aromatic rings. The quantitative estimate of drug-likeness (QED) is 0.419. The second-order valence-electron chi connectivity index (χ2n) is 6.94. The topological polar surface area (TPSA) is 74.7 Å². The first-order chi connectivity index (χ1) is 14.6. The monoisotopic (exact) mass is 417 g/mol. The van der Waals surface area contributed by atoms with Gasteiger partial charge in [0.25, 0.3) is 0 Å². The van der Waals surface area contributed by atoms with Crippen molar-refractivity contribution in [1.29, 1.82) is 0 Å². The molecule has 0 saturated carbocycles. The van der Waals surface area contributed by atoms with Gasteiger partial charge in [-0.25, -0.2) is 4.79 Å². The van der Waals surface area contributed by atoms with Gasteiger partial charge in [0, 0.05) is 24.2 Å². The number of benzene rings is 2. The molecule has 0 spiro atoms. The van der Waals surface area contributed by atoms with Crippen molar-refractivity contribution in [3.05, 3.63) is 76.6 Å². The number of hydrogen-bond donors (Lipinski definition) is 0. The van der Waals surface area contributed by atoms with E-state index >= 15 is 0 Å². The number of nitrogens with zero attached hydrogens (tertiary/aromatic N) is 5. The maximum Gasteiger partial charge on any atom is 0.334 e. The van der Waals surface area contributed by atoms with Crippen LogP contribution in [0.1, 0.15) is 0 Å². The van der Waals surface area contributed by atoms with Gasteiger partial charge in [-0.1, -0.05) is 29.8 Å². The highest BCUT2D eigenvalue weighted by Gasteiger charge is 2.17. The van der Waals surface area contributed by atoms with Gasteiger partial charge in [-0.2, -0.15) is 5.10 Å². The third-order valence-electron chi connectivity index (χ3n) is 5.27. The maximum absolute atomic E-state index is 13.1. The molecular weight excluding hydrogens is 402 g/mol. The molecule has 0 bridgehead atoms. The van der Waals surface area contributed by atoms with Crippen LogP contribution in [0.2, 0.25) is 5.02 Å². The summed E-state index contributed by atoms with van der Waals surface area (Å²) in [6.45, 7) is -0.0323. The van der Waals surface area contributed by atoms with Crippen molar-refractivity contribution < 1.29 is 4.79 Å². The van der Waals surface area contributed by atoms with Gasteiger partial charge in [0.05, 0.1) is 46.2 Å². The summed E-state index contributed by atoms with van der Waals surface area (Å²) in [6, 6.07) is 12.9. The van der Waals surface area contributed by atoms with Crippen LogP contribution in [0.3, 0.4) is 0 Å². The van der Waals surface area contributed by atoms with Crippen LogP contribution in [-0.4, -0.2) is 30.2 Å². The fraction of sp³-hybridized carbons (Fsp3) is 0.0909. The number of imidazole rings is 1. The molecule has 0 amide bonds. The Bertz CT molecular complexity index is 1480. The number of para-hydroxylation sites is 1. The summed E-state index contributed by atoms with van der Waals surface area (Å²) in [5.41, 5.74) is 4.41. The summed E-state index contributed by atoms with van der Waals surface area (Å²) in [5, 5.41) is 5.76. The summed E-state index contributed by atoms with van der Waals surface area (Å²) in [7, 11) is 1.88. The molecule has 0 aliphatic carbocycles. The first-order valence-corrected chi connectivity index (χ1v) is 9.68. The lowest BCUT2D eigenvalue weighted by molar-refractivity contribution is -0.108. The number of halogens is 1. The van der Waals surface area contributed by atoms with Crippen LogP contribution < -0.4 is 5.69 Å². The van der Waals surface area contributed by atoms with E-state index in [0.29, 0.717) is 28.0 Å². The number of aromatic nitrogens is 5. The minimum Gasteiger partial charge on any atom is -0.301 e. The molecule has 0 unspecified atom stereocenters. The molecule has 2 aromatic carbocycles.